The Morgan fingerprint density at radius 2 is 2.07 bits per heavy atom. The SMILES string of the molecule is O=C(Nc1cnn(Cc2ccccc2Cl)c1)c1cc(Br)ccc1OC(F)F. The van der Waals surface area contributed by atoms with Crippen molar-refractivity contribution in [2.45, 2.75) is 13.2 Å². The third-order valence-electron chi connectivity index (χ3n) is 3.58. The van der Waals surface area contributed by atoms with Crippen LogP contribution in [0.2, 0.25) is 5.02 Å². The number of amides is 1. The third kappa shape index (κ3) is 5.05. The second-order valence-electron chi connectivity index (χ2n) is 5.49. The number of nitrogens with zero attached hydrogens (tertiary/aromatic N) is 2. The van der Waals surface area contributed by atoms with E-state index in [1.807, 2.05) is 18.2 Å². The first-order chi connectivity index (χ1) is 12.9. The Bertz CT molecular complexity index is 965. The van der Waals surface area contributed by atoms with Crippen molar-refractivity contribution < 1.29 is 18.3 Å². The number of rotatable bonds is 6. The lowest BCUT2D eigenvalue weighted by atomic mass is 10.2. The molecule has 27 heavy (non-hydrogen) atoms. The summed E-state index contributed by atoms with van der Waals surface area (Å²) in [5.74, 6) is -0.807. The minimum Gasteiger partial charge on any atom is -0.434 e. The van der Waals surface area contributed by atoms with Gasteiger partial charge in [0.05, 0.1) is 24.0 Å². The highest BCUT2D eigenvalue weighted by Crippen LogP contribution is 2.26. The van der Waals surface area contributed by atoms with Gasteiger partial charge in [-0.1, -0.05) is 45.7 Å². The van der Waals surface area contributed by atoms with Crippen LogP contribution in [0.4, 0.5) is 14.5 Å². The van der Waals surface area contributed by atoms with Gasteiger partial charge in [-0.2, -0.15) is 13.9 Å². The number of hydrogen-bond acceptors (Lipinski definition) is 3. The van der Waals surface area contributed by atoms with E-state index in [1.54, 1.807) is 16.9 Å². The van der Waals surface area contributed by atoms with Crippen LogP contribution in [0, 0.1) is 0 Å². The zero-order valence-corrected chi connectivity index (χ0v) is 16.0. The number of alkyl halides is 2. The number of anilines is 1. The molecule has 140 valence electrons. The normalized spacial score (nSPS) is 10.9. The molecule has 0 saturated heterocycles. The Morgan fingerprint density at radius 3 is 2.81 bits per heavy atom. The van der Waals surface area contributed by atoms with E-state index < -0.39 is 12.5 Å². The standard InChI is InChI=1S/C18H13BrClF2N3O2/c19-12-5-6-16(27-18(21)22)14(7-12)17(26)24-13-8-23-25(10-13)9-11-3-1-2-4-15(11)20/h1-8,10,18H,9H2,(H,24,26). The lowest BCUT2D eigenvalue weighted by molar-refractivity contribution is -0.0501. The van der Waals surface area contributed by atoms with Crippen molar-refractivity contribution in [2.75, 3.05) is 5.32 Å². The van der Waals surface area contributed by atoms with Crippen LogP contribution in [0.1, 0.15) is 15.9 Å². The number of ether oxygens (including phenoxy) is 1. The van der Waals surface area contributed by atoms with E-state index in [2.05, 4.69) is 31.1 Å². The monoisotopic (exact) mass is 455 g/mol. The highest BCUT2D eigenvalue weighted by Gasteiger charge is 2.17. The maximum Gasteiger partial charge on any atom is 0.387 e. The quantitative estimate of drug-likeness (QED) is 0.555. The molecular weight excluding hydrogens is 444 g/mol. The highest BCUT2D eigenvalue weighted by molar-refractivity contribution is 9.10. The summed E-state index contributed by atoms with van der Waals surface area (Å²) in [5, 5.41) is 7.40. The number of aromatic nitrogens is 2. The van der Waals surface area contributed by atoms with Gasteiger partial charge in [-0.05, 0) is 29.8 Å². The van der Waals surface area contributed by atoms with Crippen LogP contribution in [-0.4, -0.2) is 22.3 Å². The molecule has 0 aliphatic heterocycles. The van der Waals surface area contributed by atoms with Gasteiger partial charge in [0.1, 0.15) is 5.75 Å². The van der Waals surface area contributed by atoms with Crippen molar-refractivity contribution in [3.8, 4) is 5.75 Å². The molecule has 3 aromatic rings. The molecule has 1 N–H and O–H groups in total. The van der Waals surface area contributed by atoms with Crippen molar-refractivity contribution in [1.29, 1.82) is 0 Å². The molecule has 0 radical (unpaired) electrons. The van der Waals surface area contributed by atoms with Gasteiger partial charge in [0.15, 0.2) is 0 Å². The Kier molecular flexibility index (Phi) is 6.08. The third-order valence-corrected chi connectivity index (χ3v) is 4.45. The number of halogens is 4. The highest BCUT2D eigenvalue weighted by atomic mass is 79.9. The lowest BCUT2D eigenvalue weighted by Crippen LogP contribution is -2.15. The van der Waals surface area contributed by atoms with Crippen LogP contribution in [0.5, 0.6) is 5.75 Å². The molecule has 0 saturated carbocycles. The molecule has 1 aromatic heterocycles. The van der Waals surface area contributed by atoms with Crippen molar-refractivity contribution >= 4 is 39.1 Å². The Labute approximate surface area is 167 Å². The van der Waals surface area contributed by atoms with Gasteiger partial charge in [0, 0.05) is 15.7 Å². The molecule has 3 rings (SSSR count). The van der Waals surface area contributed by atoms with Crippen molar-refractivity contribution in [3.63, 3.8) is 0 Å². The van der Waals surface area contributed by atoms with Gasteiger partial charge >= 0.3 is 6.61 Å². The average molecular weight is 457 g/mol. The summed E-state index contributed by atoms with van der Waals surface area (Å²) in [4.78, 5) is 12.5. The smallest absolute Gasteiger partial charge is 0.387 e. The van der Waals surface area contributed by atoms with Gasteiger partial charge < -0.3 is 10.1 Å². The van der Waals surface area contributed by atoms with Crippen LogP contribution in [0.3, 0.4) is 0 Å². The molecule has 0 atom stereocenters. The number of nitrogens with one attached hydrogen (secondary N) is 1. The van der Waals surface area contributed by atoms with E-state index in [0.717, 1.165) is 5.56 Å². The van der Waals surface area contributed by atoms with E-state index in [0.29, 0.717) is 21.7 Å². The minimum absolute atomic E-state index is 0.0245. The number of benzene rings is 2. The zero-order chi connectivity index (χ0) is 19.4. The predicted molar refractivity (Wildman–Crippen MR) is 102 cm³/mol. The molecule has 1 heterocycles. The first kappa shape index (κ1) is 19.3. The maximum absolute atomic E-state index is 12.5. The maximum atomic E-state index is 12.5. The molecule has 0 aliphatic rings. The van der Waals surface area contributed by atoms with Gasteiger partial charge in [-0.15, -0.1) is 0 Å². The first-order valence-corrected chi connectivity index (χ1v) is 8.91. The molecule has 0 fully saturated rings. The molecule has 0 aliphatic carbocycles. The lowest BCUT2D eigenvalue weighted by Gasteiger charge is -2.10. The van der Waals surface area contributed by atoms with E-state index in [-0.39, 0.29) is 11.3 Å². The largest absolute Gasteiger partial charge is 0.434 e. The zero-order valence-electron chi connectivity index (χ0n) is 13.7. The molecule has 5 nitrogen and oxygen atoms in total. The van der Waals surface area contributed by atoms with Crippen LogP contribution in [0.25, 0.3) is 0 Å². The fraction of sp³-hybridized carbons (Fsp3) is 0.111. The number of hydrogen-bond donors (Lipinski definition) is 1. The summed E-state index contributed by atoms with van der Waals surface area (Å²) >= 11 is 9.34. The first-order valence-electron chi connectivity index (χ1n) is 7.74. The number of carbonyl (C=O) groups excluding carboxylic acids is 1. The van der Waals surface area contributed by atoms with Crippen molar-refractivity contribution in [1.82, 2.24) is 9.78 Å². The van der Waals surface area contributed by atoms with E-state index in [9.17, 15) is 13.6 Å². The Hall–Kier alpha value is -2.45. The fourth-order valence-corrected chi connectivity index (χ4v) is 2.95. The van der Waals surface area contributed by atoms with E-state index in [4.69, 9.17) is 11.6 Å². The van der Waals surface area contributed by atoms with Crippen LogP contribution < -0.4 is 10.1 Å². The van der Waals surface area contributed by atoms with Crippen molar-refractivity contribution in [2.24, 2.45) is 0 Å². The van der Waals surface area contributed by atoms with E-state index >= 15 is 0 Å². The Balaban J connectivity index is 1.75. The topological polar surface area (TPSA) is 56.2 Å². The van der Waals surface area contributed by atoms with E-state index in [1.165, 1.54) is 24.4 Å². The van der Waals surface area contributed by atoms with Gasteiger partial charge in [-0.3, -0.25) is 9.48 Å². The molecular formula is C18H13BrClF2N3O2. The minimum atomic E-state index is -3.03. The summed E-state index contributed by atoms with van der Waals surface area (Å²) in [5.41, 5.74) is 1.26. The summed E-state index contributed by atoms with van der Waals surface area (Å²) in [6, 6.07) is 11.6. The number of carbonyl (C=O) groups is 1. The van der Waals surface area contributed by atoms with Crippen molar-refractivity contribution in [3.05, 3.63) is 75.5 Å². The van der Waals surface area contributed by atoms with Crippen LogP contribution in [0.15, 0.2) is 59.3 Å². The van der Waals surface area contributed by atoms with Crippen LogP contribution in [-0.2, 0) is 6.54 Å². The molecule has 0 unspecified atom stereocenters. The fourth-order valence-electron chi connectivity index (χ4n) is 2.39. The molecule has 1 amide bonds. The molecule has 0 spiro atoms. The van der Waals surface area contributed by atoms with Crippen LogP contribution >= 0.6 is 27.5 Å². The second kappa shape index (κ2) is 8.49. The van der Waals surface area contributed by atoms with Gasteiger partial charge in [0.2, 0.25) is 0 Å². The summed E-state index contributed by atoms with van der Waals surface area (Å²) in [7, 11) is 0. The van der Waals surface area contributed by atoms with Gasteiger partial charge in [0.25, 0.3) is 5.91 Å². The predicted octanol–water partition coefficient (Wildman–Crippen LogP) is 5.20. The second-order valence-corrected chi connectivity index (χ2v) is 6.81. The van der Waals surface area contributed by atoms with Gasteiger partial charge in [-0.25, -0.2) is 0 Å². The summed E-state index contributed by atoms with van der Waals surface area (Å²) in [6.07, 6.45) is 3.08. The summed E-state index contributed by atoms with van der Waals surface area (Å²) < 4.78 is 31.7. The Morgan fingerprint density at radius 1 is 1.30 bits per heavy atom. The average Bonchev–Trinajstić information content (AvgIpc) is 3.05. The molecule has 9 heteroatoms. The molecule has 0 bridgehead atoms. The summed E-state index contributed by atoms with van der Waals surface area (Å²) in [6.45, 7) is -2.61. The molecule has 2 aromatic carbocycles.